The molecule has 0 radical (unpaired) electrons. The van der Waals surface area contributed by atoms with Crippen molar-refractivity contribution in [1.29, 1.82) is 0 Å². The molecule has 1 aliphatic rings. The summed E-state index contributed by atoms with van der Waals surface area (Å²) in [6, 6.07) is 12.9. The number of aryl methyl sites for hydroxylation is 1. The third-order valence-electron chi connectivity index (χ3n) is 5.49. The van der Waals surface area contributed by atoms with Crippen LogP contribution in [-0.4, -0.2) is 27.0 Å². The maximum absolute atomic E-state index is 6.14. The first-order chi connectivity index (χ1) is 13.6. The summed E-state index contributed by atoms with van der Waals surface area (Å²) in [4.78, 5) is 13.9. The van der Waals surface area contributed by atoms with Crippen LogP contribution in [0.5, 0.6) is 0 Å². The Morgan fingerprint density at radius 3 is 2.55 bits per heavy atom. The summed E-state index contributed by atoms with van der Waals surface area (Å²) in [6.07, 6.45) is 8.82. The minimum atomic E-state index is 0. The van der Waals surface area contributed by atoms with E-state index in [1.54, 1.807) is 6.20 Å². The van der Waals surface area contributed by atoms with Crippen LogP contribution in [0.25, 0.3) is 23.1 Å². The number of halogens is 3. The Bertz CT molecular complexity index is 997. The van der Waals surface area contributed by atoms with E-state index in [4.69, 9.17) is 15.7 Å². The molecular formula is C23H30Cl3N5. The highest BCUT2D eigenvalue weighted by Crippen LogP contribution is 2.29. The molecule has 0 amide bonds. The molecule has 2 heterocycles. The van der Waals surface area contributed by atoms with Crippen molar-refractivity contribution in [2.75, 3.05) is 5.32 Å². The highest BCUT2D eigenvalue weighted by molar-refractivity contribution is 5.90. The zero-order valence-corrected chi connectivity index (χ0v) is 20.1. The molecule has 2 aromatic heterocycles. The molecule has 3 atom stereocenters. The Labute approximate surface area is 202 Å². The van der Waals surface area contributed by atoms with Crippen LogP contribution in [0, 0.1) is 12.8 Å². The first-order valence-corrected chi connectivity index (χ1v) is 9.98. The van der Waals surface area contributed by atoms with Gasteiger partial charge in [-0.2, -0.15) is 0 Å². The van der Waals surface area contributed by atoms with Crippen LogP contribution in [0.3, 0.4) is 0 Å². The number of nitrogens with one attached hydrogen (secondary N) is 1. The highest BCUT2D eigenvalue weighted by atomic mass is 35.5. The van der Waals surface area contributed by atoms with E-state index in [0.29, 0.717) is 23.8 Å². The molecule has 0 unspecified atom stereocenters. The molecule has 31 heavy (non-hydrogen) atoms. The van der Waals surface area contributed by atoms with E-state index in [2.05, 4.69) is 42.3 Å². The number of rotatable bonds is 4. The maximum atomic E-state index is 6.14. The number of hydrogen-bond acceptors (Lipinski definition) is 5. The Morgan fingerprint density at radius 2 is 1.84 bits per heavy atom. The molecule has 4 rings (SSSR count). The van der Waals surface area contributed by atoms with E-state index in [-0.39, 0.29) is 37.2 Å². The van der Waals surface area contributed by atoms with Crippen molar-refractivity contribution in [3.63, 3.8) is 0 Å². The smallest absolute Gasteiger partial charge is 0.155 e. The minimum absolute atomic E-state index is 0. The Morgan fingerprint density at radius 1 is 1.03 bits per heavy atom. The molecule has 8 heteroatoms. The summed E-state index contributed by atoms with van der Waals surface area (Å²) in [5, 5.41) is 4.77. The van der Waals surface area contributed by atoms with Crippen molar-refractivity contribution < 1.29 is 0 Å². The molecule has 3 aromatic rings. The Balaban J connectivity index is 0.00000160. The third-order valence-corrected chi connectivity index (χ3v) is 5.49. The van der Waals surface area contributed by atoms with Gasteiger partial charge in [0.05, 0.1) is 11.2 Å². The number of hydrogen-bond donors (Lipinski definition) is 2. The standard InChI is InChI=1S/C23H27N5.3ClH/c1-15-6-9-21-19(13-15)23(27-20-10-7-17(24)14-16(20)2)28-22(26-21)11-8-18-5-3-4-12-25-18;;;/h3-6,8-9,11-13,16-17,20H,7,10,14,24H2,1-2H3,(H,26,27,28);3*1H/t16-,17-,20+;;;/m1.../s1. The van der Waals surface area contributed by atoms with Crippen LogP contribution in [0.1, 0.15) is 43.3 Å². The first-order valence-electron chi connectivity index (χ1n) is 9.98. The van der Waals surface area contributed by atoms with E-state index in [1.165, 1.54) is 5.56 Å². The largest absolute Gasteiger partial charge is 0.366 e. The molecule has 1 fully saturated rings. The fourth-order valence-electron chi connectivity index (χ4n) is 3.91. The normalized spacial score (nSPS) is 20.4. The number of nitrogens with two attached hydrogens (primary N) is 1. The fraction of sp³-hybridized carbons (Fsp3) is 0.348. The lowest BCUT2D eigenvalue weighted by molar-refractivity contribution is 0.314. The minimum Gasteiger partial charge on any atom is -0.366 e. The molecular weight excluding hydrogens is 453 g/mol. The van der Waals surface area contributed by atoms with Crippen LogP contribution in [-0.2, 0) is 0 Å². The van der Waals surface area contributed by atoms with Gasteiger partial charge in [0.15, 0.2) is 5.82 Å². The summed E-state index contributed by atoms with van der Waals surface area (Å²) < 4.78 is 0. The van der Waals surface area contributed by atoms with Crippen LogP contribution >= 0.6 is 37.2 Å². The van der Waals surface area contributed by atoms with Gasteiger partial charge in [-0.05, 0) is 68.5 Å². The van der Waals surface area contributed by atoms with Gasteiger partial charge in [-0.15, -0.1) is 37.2 Å². The molecule has 3 N–H and O–H groups in total. The molecule has 5 nitrogen and oxygen atoms in total. The summed E-state index contributed by atoms with van der Waals surface area (Å²) in [5.41, 5.74) is 9.18. The van der Waals surface area contributed by atoms with Gasteiger partial charge in [-0.3, -0.25) is 4.98 Å². The van der Waals surface area contributed by atoms with Gasteiger partial charge in [-0.1, -0.05) is 24.6 Å². The zero-order valence-electron chi connectivity index (χ0n) is 17.7. The number of nitrogens with zero attached hydrogens (tertiary/aromatic N) is 3. The van der Waals surface area contributed by atoms with Crippen molar-refractivity contribution in [3.05, 3.63) is 59.7 Å². The first kappa shape index (κ1) is 27.1. The van der Waals surface area contributed by atoms with Gasteiger partial charge < -0.3 is 11.1 Å². The lowest BCUT2D eigenvalue weighted by Crippen LogP contribution is -2.39. The number of benzene rings is 1. The van der Waals surface area contributed by atoms with Gasteiger partial charge in [-0.25, -0.2) is 9.97 Å². The fourth-order valence-corrected chi connectivity index (χ4v) is 3.91. The predicted octanol–water partition coefficient (Wildman–Crippen LogP) is 5.70. The highest BCUT2D eigenvalue weighted by Gasteiger charge is 2.26. The van der Waals surface area contributed by atoms with Crippen molar-refractivity contribution in [3.8, 4) is 0 Å². The van der Waals surface area contributed by atoms with Gasteiger partial charge >= 0.3 is 0 Å². The average Bonchev–Trinajstić information content (AvgIpc) is 2.69. The maximum Gasteiger partial charge on any atom is 0.155 e. The molecule has 1 aliphatic carbocycles. The topological polar surface area (TPSA) is 76.7 Å². The molecule has 0 bridgehead atoms. The SMILES string of the molecule is Cc1ccc2nc(C=Cc3ccccn3)nc(N[C@H]3CC[C@@H](N)C[C@H]3C)c2c1.Cl.Cl.Cl. The molecule has 1 saturated carbocycles. The second kappa shape index (κ2) is 12.2. The Hall–Kier alpha value is -1.92. The predicted molar refractivity (Wildman–Crippen MR) is 138 cm³/mol. The van der Waals surface area contributed by atoms with E-state index >= 15 is 0 Å². The van der Waals surface area contributed by atoms with Crippen LogP contribution in [0.4, 0.5) is 5.82 Å². The number of aromatic nitrogens is 3. The van der Waals surface area contributed by atoms with E-state index in [9.17, 15) is 0 Å². The van der Waals surface area contributed by atoms with Crippen molar-refractivity contribution in [2.24, 2.45) is 11.7 Å². The summed E-state index contributed by atoms with van der Waals surface area (Å²) >= 11 is 0. The lowest BCUT2D eigenvalue weighted by atomic mass is 9.83. The second-order valence-corrected chi connectivity index (χ2v) is 7.84. The average molecular weight is 483 g/mol. The summed E-state index contributed by atoms with van der Waals surface area (Å²) in [6.45, 7) is 4.37. The number of anilines is 1. The van der Waals surface area contributed by atoms with Crippen molar-refractivity contribution in [1.82, 2.24) is 15.0 Å². The number of pyridine rings is 1. The van der Waals surface area contributed by atoms with Gasteiger partial charge in [0.1, 0.15) is 5.82 Å². The molecule has 1 aromatic carbocycles. The lowest BCUT2D eigenvalue weighted by Gasteiger charge is -2.33. The third kappa shape index (κ3) is 6.78. The van der Waals surface area contributed by atoms with E-state index < -0.39 is 0 Å². The van der Waals surface area contributed by atoms with Crippen LogP contribution in [0.15, 0.2) is 42.6 Å². The molecule has 0 spiro atoms. The Kier molecular flexibility index (Phi) is 10.7. The summed E-state index contributed by atoms with van der Waals surface area (Å²) in [7, 11) is 0. The number of fused-ring (bicyclic) bond motifs is 1. The molecule has 168 valence electrons. The van der Waals surface area contributed by atoms with Gasteiger partial charge in [0.2, 0.25) is 0 Å². The van der Waals surface area contributed by atoms with Crippen molar-refractivity contribution >= 4 is 66.1 Å². The molecule has 0 aliphatic heterocycles. The van der Waals surface area contributed by atoms with E-state index in [1.807, 2.05) is 30.4 Å². The van der Waals surface area contributed by atoms with Crippen LogP contribution in [0.2, 0.25) is 0 Å². The quantitative estimate of drug-likeness (QED) is 0.499. The van der Waals surface area contributed by atoms with Crippen LogP contribution < -0.4 is 11.1 Å². The second-order valence-electron chi connectivity index (χ2n) is 7.84. The summed E-state index contributed by atoms with van der Waals surface area (Å²) in [5.74, 6) is 2.11. The van der Waals surface area contributed by atoms with Crippen molar-refractivity contribution in [2.45, 2.75) is 45.2 Å². The van der Waals surface area contributed by atoms with Gasteiger partial charge in [0, 0.05) is 23.7 Å². The van der Waals surface area contributed by atoms with E-state index in [0.717, 1.165) is 41.7 Å². The molecule has 0 saturated heterocycles. The zero-order chi connectivity index (χ0) is 19.5. The monoisotopic (exact) mass is 481 g/mol. The van der Waals surface area contributed by atoms with Gasteiger partial charge in [0.25, 0.3) is 0 Å².